The molecule has 1 heterocycles. The van der Waals surface area contributed by atoms with Crippen molar-refractivity contribution >= 4 is 5.96 Å². The fourth-order valence-corrected chi connectivity index (χ4v) is 2.82. The van der Waals surface area contributed by atoms with Crippen molar-refractivity contribution in [3.05, 3.63) is 89.9 Å². The van der Waals surface area contributed by atoms with Gasteiger partial charge in [0, 0.05) is 19.5 Å². The predicted octanol–water partition coefficient (Wildman–Crippen LogP) is 3.30. The molecule has 3 rings (SSSR count). The number of nitrogens with one attached hydrogen (secondary N) is 2. The molecule has 0 saturated heterocycles. The third kappa shape index (κ3) is 6.69. The number of guanidine groups is 1. The van der Waals surface area contributed by atoms with Gasteiger partial charge in [0.05, 0.1) is 26.0 Å². The van der Waals surface area contributed by atoms with Gasteiger partial charge in [-0.15, -0.1) is 0 Å². The number of rotatable bonds is 9. The molecule has 0 spiro atoms. The van der Waals surface area contributed by atoms with Crippen molar-refractivity contribution < 1.29 is 14.3 Å². The summed E-state index contributed by atoms with van der Waals surface area (Å²) < 4.78 is 10.6. The van der Waals surface area contributed by atoms with Gasteiger partial charge in [-0.3, -0.25) is 0 Å². The first-order chi connectivity index (χ1) is 14.2. The molecule has 0 aliphatic carbocycles. The molecule has 0 fully saturated rings. The Kier molecular flexibility index (Phi) is 7.72. The van der Waals surface area contributed by atoms with Gasteiger partial charge >= 0.3 is 0 Å². The first-order valence-electron chi connectivity index (χ1n) is 9.65. The maximum absolute atomic E-state index is 10.4. The highest BCUT2D eigenvalue weighted by Gasteiger charge is 2.08. The maximum Gasteiger partial charge on any atom is 0.191 e. The largest absolute Gasteiger partial charge is 0.497 e. The Hall–Kier alpha value is -3.25. The van der Waals surface area contributed by atoms with Gasteiger partial charge in [0.25, 0.3) is 0 Å². The fraction of sp³-hybridized carbons (Fsp3) is 0.261. The van der Waals surface area contributed by atoms with Gasteiger partial charge in [-0.2, -0.15) is 0 Å². The van der Waals surface area contributed by atoms with Crippen molar-refractivity contribution in [1.29, 1.82) is 0 Å². The number of hydrogen-bond acceptors (Lipinski definition) is 4. The first kappa shape index (κ1) is 20.5. The molecule has 1 atom stereocenters. The summed E-state index contributed by atoms with van der Waals surface area (Å²) in [6, 6.07) is 21.2. The molecule has 6 heteroatoms. The Morgan fingerprint density at radius 1 is 1.03 bits per heavy atom. The van der Waals surface area contributed by atoms with Crippen LogP contribution in [0.1, 0.15) is 23.0 Å². The van der Waals surface area contributed by atoms with Crippen molar-refractivity contribution in [3.63, 3.8) is 0 Å². The minimum absolute atomic E-state index is 0.360. The van der Waals surface area contributed by atoms with Crippen LogP contribution < -0.4 is 15.4 Å². The molecule has 6 nitrogen and oxygen atoms in total. The number of furan rings is 1. The highest BCUT2D eigenvalue weighted by atomic mass is 16.5. The molecule has 2 aromatic carbocycles. The molecular formula is C23H27N3O3. The lowest BCUT2D eigenvalue weighted by molar-refractivity contribution is 0.181. The Labute approximate surface area is 171 Å². The molecule has 1 aromatic heterocycles. The number of aliphatic hydroxyl groups excluding tert-OH is 1. The summed E-state index contributed by atoms with van der Waals surface area (Å²) in [5.41, 5.74) is 1.94. The standard InChI is InChI=1S/C23H27N3O3/c1-28-20-11-9-18(10-12-20)16-25-23(24-14-13-21-8-5-15-29-21)26-17-22(27)19-6-3-2-4-7-19/h2-12,15,22,27H,13-14,16-17H2,1H3,(H2,24,25,26). The van der Waals surface area contributed by atoms with Crippen LogP contribution in [0.5, 0.6) is 5.75 Å². The number of aliphatic imine (C=N–C) groups is 1. The molecular weight excluding hydrogens is 366 g/mol. The van der Waals surface area contributed by atoms with Crippen LogP contribution in [-0.4, -0.2) is 31.3 Å². The van der Waals surface area contributed by atoms with Crippen LogP contribution in [0.25, 0.3) is 0 Å². The second-order valence-electron chi connectivity index (χ2n) is 6.58. The van der Waals surface area contributed by atoms with Crippen LogP contribution in [0.3, 0.4) is 0 Å². The Balaban J connectivity index is 1.59. The van der Waals surface area contributed by atoms with E-state index in [0.29, 0.717) is 25.6 Å². The molecule has 3 aromatic rings. The molecule has 0 amide bonds. The number of aliphatic hydroxyl groups is 1. The van der Waals surface area contributed by atoms with Crippen molar-refractivity contribution in [3.8, 4) is 5.75 Å². The van der Waals surface area contributed by atoms with E-state index in [1.54, 1.807) is 13.4 Å². The lowest BCUT2D eigenvalue weighted by Gasteiger charge is -2.16. The van der Waals surface area contributed by atoms with Crippen LogP contribution in [0.4, 0.5) is 0 Å². The van der Waals surface area contributed by atoms with Crippen molar-refractivity contribution in [2.24, 2.45) is 4.99 Å². The molecule has 0 aliphatic heterocycles. The lowest BCUT2D eigenvalue weighted by Crippen LogP contribution is -2.40. The van der Waals surface area contributed by atoms with Gasteiger partial charge in [-0.1, -0.05) is 42.5 Å². The summed E-state index contributed by atoms with van der Waals surface area (Å²) in [5, 5.41) is 16.9. The van der Waals surface area contributed by atoms with Gasteiger partial charge in [0.2, 0.25) is 0 Å². The number of methoxy groups -OCH3 is 1. The van der Waals surface area contributed by atoms with Gasteiger partial charge in [0.1, 0.15) is 11.5 Å². The molecule has 152 valence electrons. The van der Waals surface area contributed by atoms with Crippen molar-refractivity contribution in [2.75, 3.05) is 20.2 Å². The highest BCUT2D eigenvalue weighted by molar-refractivity contribution is 5.79. The van der Waals surface area contributed by atoms with Crippen LogP contribution >= 0.6 is 0 Å². The van der Waals surface area contributed by atoms with Crippen LogP contribution in [0, 0.1) is 0 Å². The molecule has 0 saturated carbocycles. The van der Waals surface area contributed by atoms with Gasteiger partial charge < -0.3 is 24.9 Å². The minimum atomic E-state index is -0.616. The van der Waals surface area contributed by atoms with E-state index in [2.05, 4.69) is 15.6 Å². The van der Waals surface area contributed by atoms with Crippen LogP contribution in [0.15, 0.2) is 82.4 Å². The zero-order valence-corrected chi connectivity index (χ0v) is 16.5. The van der Waals surface area contributed by atoms with Crippen LogP contribution in [-0.2, 0) is 13.0 Å². The molecule has 0 bridgehead atoms. The second-order valence-corrected chi connectivity index (χ2v) is 6.58. The fourth-order valence-electron chi connectivity index (χ4n) is 2.82. The number of nitrogens with zero attached hydrogens (tertiary/aromatic N) is 1. The predicted molar refractivity (Wildman–Crippen MR) is 114 cm³/mol. The summed E-state index contributed by atoms with van der Waals surface area (Å²) in [6.45, 7) is 1.55. The average Bonchev–Trinajstić information content (AvgIpc) is 3.29. The molecule has 1 unspecified atom stereocenters. The highest BCUT2D eigenvalue weighted by Crippen LogP contribution is 2.12. The van der Waals surface area contributed by atoms with E-state index in [1.165, 1.54) is 0 Å². The first-order valence-corrected chi connectivity index (χ1v) is 9.65. The van der Waals surface area contributed by atoms with E-state index in [1.807, 2.05) is 66.7 Å². The normalized spacial score (nSPS) is 12.4. The van der Waals surface area contributed by atoms with Gasteiger partial charge in [-0.05, 0) is 35.4 Å². The number of hydrogen-bond donors (Lipinski definition) is 3. The van der Waals surface area contributed by atoms with Gasteiger partial charge in [0.15, 0.2) is 5.96 Å². The Morgan fingerprint density at radius 2 is 1.83 bits per heavy atom. The molecule has 0 aliphatic rings. The Bertz CT molecular complexity index is 862. The number of benzene rings is 2. The number of ether oxygens (including phenoxy) is 1. The van der Waals surface area contributed by atoms with Crippen molar-refractivity contribution in [1.82, 2.24) is 10.6 Å². The van der Waals surface area contributed by atoms with E-state index in [-0.39, 0.29) is 0 Å². The van der Waals surface area contributed by atoms with E-state index in [4.69, 9.17) is 9.15 Å². The van der Waals surface area contributed by atoms with Crippen molar-refractivity contribution in [2.45, 2.75) is 19.1 Å². The SMILES string of the molecule is COc1ccc(CN=C(NCCc2ccco2)NCC(O)c2ccccc2)cc1. The summed E-state index contributed by atoms with van der Waals surface area (Å²) in [6.07, 6.45) is 1.80. The quantitative estimate of drug-likeness (QED) is 0.384. The van der Waals surface area contributed by atoms with E-state index in [0.717, 1.165) is 29.1 Å². The molecule has 29 heavy (non-hydrogen) atoms. The summed E-state index contributed by atoms with van der Waals surface area (Å²) >= 11 is 0. The summed E-state index contributed by atoms with van der Waals surface area (Å²) in [4.78, 5) is 4.65. The topological polar surface area (TPSA) is 79.0 Å². The van der Waals surface area contributed by atoms with E-state index < -0.39 is 6.10 Å². The lowest BCUT2D eigenvalue weighted by atomic mass is 10.1. The molecule has 0 radical (unpaired) electrons. The minimum Gasteiger partial charge on any atom is -0.497 e. The summed E-state index contributed by atoms with van der Waals surface area (Å²) in [5.74, 6) is 2.37. The third-order valence-corrected chi connectivity index (χ3v) is 4.47. The zero-order valence-electron chi connectivity index (χ0n) is 16.5. The smallest absolute Gasteiger partial charge is 0.191 e. The van der Waals surface area contributed by atoms with Gasteiger partial charge in [-0.25, -0.2) is 4.99 Å². The van der Waals surface area contributed by atoms with E-state index >= 15 is 0 Å². The van der Waals surface area contributed by atoms with Crippen LogP contribution in [0.2, 0.25) is 0 Å². The average molecular weight is 393 g/mol. The zero-order chi connectivity index (χ0) is 20.3. The summed E-state index contributed by atoms with van der Waals surface area (Å²) in [7, 11) is 1.65. The molecule has 3 N–H and O–H groups in total. The Morgan fingerprint density at radius 3 is 2.52 bits per heavy atom. The maximum atomic E-state index is 10.4. The third-order valence-electron chi connectivity index (χ3n) is 4.47. The van der Waals surface area contributed by atoms with E-state index in [9.17, 15) is 5.11 Å². The monoisotopic (exact) mass is 393 g/mol. The second kappa shape index (κ2) is 10.9.